The van der Waals surface area contributed by atoms with E-state index in [0.717, 1.165) is 0 Å². The van der Waals surface area contributed by atoms with E-state index >= 15 is 0 Å². The molecule has 10 nitrogen and oxygen atoms in total. The minimum Gasteiger partial charge on any atom is -0.420 e. The Morgan fingerprint density at radius 1 is 1.07 bits per heavy atom. The van der Waals surface area contributed by atoms with Crippen LogP contribution in [0.1, 0.15) is 11.6 Å². The van der Waals surface area contributed by atoms with Crippen molar-refractivity contribution in [3.8, 4) is 11.6 Å². The Balaban J connectivity index is 1.96. The van der Waals surface area contributed by atoms with E-state index in [2.05, 4.69) is 14.9 Å². The summed E-state index contributed by atoms with van der Waals surface area (Å²) in [7, 11) is -6.11. The zero-order valence-electron chi connectivity index (χ0n) is 14.7. The van der Waals surface area contributed by atoms with E-state index in [4.69, 9.17) is 9.56 Å². The van der Waals surface area contributed by atoms with Crippen LogP contribution in [-0.2, 0) is 27.1 Å². The van der Waals surface area contributed by atoms with Gasteiger partial charge in [-0.15, -0.1) is 10.2 Å². The Morgan fingerprint density at radius 3 is 2.22 bits per heavy atom. The third kappa shape index (κ3) is 3.72. The summed E-state index contributed by atoms with van der Waals surface area (Å²) in [6, 6.07) is 6.51. The van der Waals surface area contributed by atoms with Crippen molar-refractivity contribution in [3.05, 3.63) is 41.9 Å². The number of aryl methyl sites for hydroxylation is 1. The van der Waals surface area contributed by atoms with Crippen LogP contribution in [-0.4, -0.2) is 31.6 Å². The van der Waals surface area contributed by atoms with Crippen molar-refractivity contribution in [2.24, 2.45) is 12.2 Å². The quantitative estimate of drug-likeness (QED) is 0.639. The van der Waals surface area contributed by atoms with Gasteiger partial charge in [0.15, 0.2) is 0 Å². The maximum atomic E-state index is 12.8. The number of benzene rings is 1. The van der Waals surface area contributed by atoms with Gasteiger partial charge in [0.2, 0.25) is 15.9 Å². The van der Waals surface area contributed by atoms with E-state index in [0.29, 0.717) is 17.3 Å². The Kier molecular flexibility index (Phi) is 4.57. The highest BCUT2D eigenvalue weighted by Crippen LogP contribution is 2.28. The summed E-state index contributed by atoms with van der Waals surface area (Å²) in [6.45, 7) is 3.28. The van der Waals surface area contributed by atoms with Crippen LogP contribution >= 0.6 is 0 Å². The van der Waals surface area contributed by atoms with Crippen molar-refractivity contribution in [1.82, 2.24) is 14.8 Å². The number of rotatable bonds is 5. The molecule has 1 aromatic carbocycles. The second-order valence-corrected chi connectivity index (χ2v) is 9.05. The first-order valence-electron chi connectivity index (χ1n) is 7.61. The molecule has 3 aromatic rings. The van der Waals surface area contributed by atoms with E-state index in [-0.39, 0.29) is 21.4 Å². The van der Waals surface area contributed by atoms with Gasteiger partial charge in [0.25, 0.3) is 15.9 Å². The van der Waals surface area contributed by atoms with Crippen LogP contribution in [0.15, 0.2) is 44.5 Å². The van der Waals surface area contributed by atoms with Gasteiger partial charge in [-0.05, 0) is 37.3 Å². The molecular weight excluding hydrogens is 394 g/mol. The van der Waals surface area contributed by atoms with Gasteiger partial charge in [0.05, 0.1) is 4.90 Å². The number of hydrogen-bond acceptors (Lipinski definition) is 7. The van der Waals surface area contributed by atoms with E-state index in [1.165, 1.54) is 30.3 Å². The van der Waals surface area contributed by atoms with Crippen LogP contribution in [0.3, 0.4) is 0 Å². The molecule has 0 fully saturated rings. The maximum absolute atomic E-state index is 12.8. The van der Waals surface area contributed by atoms with Crippen LogP contribution in [0.25, 0.3) is 11.6 Å². The lowest BCUT2D eigenvalue weighted by atomic mass is 10.3. The number of aromatic nitrogens is 3. The average Bonchev–Trinajstić information content (AvgIpc) is 3.11. The molecule has 0 bridgehead atoms. The molecule has 0 atom stereocenters. The summed E-state index contributed by atoms with van der Waals surface area (Å²) in [5.74, 6) is 0.568. The lowest BCUT2D eigenvalue weighted by Crippen LogP contribution is -2.15. The van der Waals surface area contributed by atoms with E-state index in [1.54, 1.807) is 25.5 Å². The van der Waals surface area contributed by atoms with Crippen molar-refractivity contribution < 1.29 is 21.3 Å². The Bertz CT molecular complexity index is 1210. The molecule has 144 valence electrons. The summed E-state index contributed by atoms with van der Waals surface area (Å²) >= 11 is 0. The molecule has 0 aliphatic heterocycles. The molecule has 27 heavy (non-hydrogen) atoms. The lowest BCUT2D eigenvalue weighted by Gasteiger charge is -2.08. The predicted octanol–water partition coefficient (Wildman–Crippen LogP) is 1.14. The normalized spacial score (nSPS) is 12.3. The molecule has 3 N–H and O–H groups in total. The monoisotopic (exact) mass is 411 g/mol. The van der Waals surface area contributed by atoms with Crippen LogP contribution < -0.4 is 9.86 Å². The number of sulfonamides is 2. The predicted molar refractivity (Wildman–Crippen MR) is 96.8 cm³/mol. The van der Waals surface area contributed by atoms with Gasteiger partial charge in [-0.25, -0.2) is 22.0 Å². The number of nitrogens with zero attached hydrogens (tertiary/aromatic N) is 3. The Labute approximate surface area is 156 Å². The average molecular weight is 411 g/mol. The highest BCUT2D eigenvalue weighted by molar-refractivity contribution is 7.92. The van der Waals surface area contributed by atoms with Gasteiger partial charge in [-0.3, -0.25) is 4.72 Å². The van der Waals surface area contributed by atoms with Crippen molar-refractivity contribution in [2.75, 3.05) is 4.72 Å². The van der Waals surface area contributed by atoms with Crippen LogP contribution in [0.2, 0.25) is 0 Å². The van der Waals surface area contributed by atoms with Crippen molar-refractivity contribution >= 4 is 25.7 Å². The molecule has 0 unspecified atom stereocenters. The van der Waals surface area contributed by atoms with Gasteiger partial charge >= 0.3 is 0 Å². The van der Waals surface area contributed by atoms with Crippen LogP contribution in [0.4, 0.5) is 5.69 Å². The first-order chi connectivity index (χ1) is 12.5. The van der Waals surface area contributed by atoms with Gasteiger partial charge < -0.3 is 8.98 Å². The summed E-state index contributed by atoms with van der Waals surface area (Å²) in [5.41, 5.74) is 1.12. The lowest BCUT2D eigenvalue weighted by molar-refractivity contribution is 0.528. The Morgan fingerprint density at radius 2 is 1.70 bits per heavy atom. The Hall–Kier alpha value is -2.70. The fourth-order valence-electron chi connectivity index (χ4n) is 2.47. The molecular formula is C15H17N5O5S2. The molecule has 0 radical (unpaired) electrons. The SMILES string of the molecule is Cc1nnc(-c2cc(S(=O)(=O)Nc3ccc(S(N)(=O)=O)cc3)c(C)n2C)o1. The molecule has 0 amide bonds. The maximum Gasteiger partial charge on any atom is 0.264 e. The number of anilines is 1. The highest BCUT2D eigenvalue weighted by atomic mass is 32.2. The smallest absolute Gasteiger partial charge is 0.264 e. The zero-order valence-corrected chi connectivity index (χ0v) is 16.3. The van der Waals surface area contributed by atoms with Crippen molar-refractivity contribution in [3.63, 3.8) is 0 Å². The number of nitrogens with two attached hydrogens (primary N) is 1. The first kappa shape index (κ1) is 19.1. The van der Waals surface area contributed by atoms with Gasteiger partial charge in [-0.1, -0.05) is 0 Å². The summed E-state index contributed by atoms with van der Waals surface area (Å²) in [5, 5.41) is 12.7. The molecule has 12 heteroatoms. The topological polar surface area (TPSA) is 150 Å². The van der Waals surface area contributed by atoms with Crippen molar-refractivity contribution in [2.45, 2.75) is 23.6 Å². The van der Waals surface area contributed by atoms with Crippen LogP contribution in [0.5, 0.6) is 0 Å². The van der Waals surface area contributed by atoms with Crippen LogP contribution in [0, 0.1) is 13.8 Å². The highest BCUT2D eigenvalue weighted by Gasteiger charge is 2.24. The summed E-state index contributed by atoms with van der Waals surface area (Å²) < 4.78 is 57.5. The van der Waals surface area contributed by atoms with E-state index in [1.807, 2.05) is 0 Å². The van der Waals surface area contributed by atoms with Gasteiger partial charge in [-0.2, -0.15) is 0 Å². The first-order valence-corrected chi connectivity index (χ1v) is 10.6. The number of hydrogen-bond donors (Lipinski definition) is 2. The molecule has 0 aliphatic rings. The second kappa shape index (κ2) is 6.48. The summed E-state index contributed by atoms with van der Waals surface area (Å²) in [6.07, 6.45) is 0. The molecule has 3 rings (SSSR count). The molecule has 2 heterocycles. The van der Waals surface area contributed by atoms with E-state index in [9.17, 15) is 16.8 Å². The van der Waals surface area contributed by atoms with Crippen molar-refractivity contribution in [1.29, 1.82) is 0 Å². The minimum atomic E-state index is -3.94. The zero-order chi connectivity index (χ0) is 20.0. The molecule has 0 aliphatic carbocycles. The fourth-order valence-corrected chi connectivity index (χ4v) is 4.34. The van der Waals surface area contributed by atoms with Gasteiger partial charge in [0, 0.05) is 25.4 Å². The second-order valence-electron chi connectivity index (χ2n) is 5.84. The molecule has 2 aromatic heterocycles. The standard InChI is InChI=1S/C15H17N5O5S2/c1-9-14(8-13(20(9)3)15-18-17-10(2)25-15)27(23,24)19-11-4-6-12(7-5-11)26(16,21)22/h4-8,19H,1-3H3,(H2,16,21,22). The fraction of sp³-hybridized carbons (Fsp3) is 0.200. The molecule has 0 saturated heterocycles. The third-order valence-electron chi connectivity index (χ3n) is 3.96. The number of primary sulfonamides is 1. The van der Waals surface area contributed by atoms with E-state index < -0.39 is 20.0 Å². The third-order valence-corrected chi connectivity index (χ3v) is 6.38. The van der Waals surface area contributed by atoms with Gasteiger partial charge in [0.1, 0.15) is 10.6 Å². The molecule has 0 spiro atoms. The minimum absolute atomic E-state index is 0.0337. The molecule has 0 saturated carbocycles. The largest absolute Gasteiger partial charge is 0.420 e. The number of nitrogens with one attached hydrogen (secondary N) is 1. The summed E-state index contributed by atoms with van der Waals surface area (Å²) in [4.78, 5) is -0.0817.